The minimum atomic E-state index is -0.452. The van der Waals surface area contributed by atoms with Crippen molar-refractivity contribution in [3.63, 3.8) is 0 Å². The maximum Gasteiger partial charge on any atom is 0.122 e. The fraction of sp³-hybridized carbons (Fsp3) is 0.647. The van der Waals surface area contributed by atoms with Crippen molar-refractivity contribution < 1.29 is 9.84 Å². The number of rotatable bonds is 7. The molecule has 3 unspecified atom stereocenters. The van der Waals surface area contributed by atoms with Crippen molar-refractivity contribution in [1.29, 1.82) is 0 Å². The molecule has 0 aromatic heterocycles. The van der Waals surface area contributed by atoms with E-state index in [0.717, 1.165) is 29.7 Å². The van der Waals surface area contributed by atoms with Crippen LogP contribution in [0.25, 0.3) is 0 Å². The summed E-state index contributed by atoms with van der Waals surface area (Å²) in [6, 6.07) is 7.90. The molecule has 3 heteroatoms. The van der Waals surface area contributed by atoms with E-state index in [1.807, 2.05) is 31.2 Å². The predicted molar refractivity (Wildman–Crippen MR) is 82.1 cm³/mol. The van der Waals surface area contributed by atoms with Crippen molar-refractivity contribution in [3.05, 3.63) is 29.8 Å². The van der Waals surface area contributed by atoms with Gasteiger partial charge in [-0.05, 0) is 43.4 Å². The number of hydrogen-bond donors (Lipinski definition) is 2. The fourth-order valence-corrected chi connectivity index (χ4v) is 2.92. The van der Waals surface area contributed by atoms with Gasteiger partial charge in [-0.25, -0.2) is 0 Å². The molecule has 3 nitrogen and oxygen atoms in total. The van der Waals surface area contributed by atoms with Crippen LogP contribution in [0.2, 0.25) is 0 Å². The van der Waals surface area contributed by atoms with Gasteiger partial charge in [0, 0.05) is 6.54 Å². The molecule has 1 aromatic rings. The average molecular weight is 277 g/mol. The van der Waals surface area contributed by atoms with Crippen molar-refractivity contribution in [2.24, 2.45) is 11.8 Å². The van der Waals surface area contributed by atoms with E-state index in [1.165, 1.54) is 19.3 Å². The van der Waals surface area contributed by atoms with Gasteiger partial charge >= 0.3 is 0 Å². The lowest BCUT2D eigenvalue weighted by Crippen LogP contribution is -2.34. The summed E-state index contributed by atoms with van der Waals surface area (Å²) >= 11 is 0. The summed E-state index contributed by atoms with van der Waals surface area (Å²) in [7, 11) is 0. The van der Waals surface area contributed by atoms with Gasteiger partial charge in [0.05, 0.1) is 0 Å². The zero-order valence-electron chi connectivity index (χ0n) is 12.6. The third-order valence-electron chi connectivity index (χ3n) is 4.35. The van der Waals surface area contributed by atoms with Crippen LogP contribution >= 0.6 is 0 Å². The minimum absolute atomic E-state index is 0.345. The summed E-state index contributed by atoms with van der Waals surface area (Å²) in [5.41, 5.74) is 1.10. The molecule has 2 rings (SSSR count). The highest BCUT2D eigenvalue weighted by atomic mass is 16.5. The number of nitrogens with one attached hydrogen (secondary N) is 1. The second-order valence-electron chi connectivity index (χ2n) is 6.06. The quantitative estimate of drug-likeness (QED) is 0.805. The van der Waals surface area contributed by atoms with E-state index in [2.05, 4.69) is 12.2 Å². The summed E-state index contributed by atoms with van der Waals surface area (Å²) in [5, 5.41) is 13.3. The first-order valence-electron chi connectivity index (χ1n) is 7.74. The van der Waals surface area contributed by atoms with Gasteiger partial charge in [-0.1, -0.05) is 38.0 Å². The van der Waals surface area contributed by atoms with Gasteiger partial charge in [0.1, 0.15) is 18.5 Å². The van der Waals surface area contributed by atoms with Crippen LogP contribution in [-0.2, 0) is 0 Å². The lowest BCUT2D eigenvalue weighted by atomic mass is 9.98. The van der Waals surface area contributed by atoms with Crippen LogP contribution in [0.5, 0.6) is 5.75 Å². The minimum Gasteiger partial charge on any atom is -0.491 e. The van der Waals surface area contributed by atoms with Gasteiger partial charge in [0.25, 0.3) is 0 Å². The molecule has 20 heavy (non-hydrogen) atoms. The topological polar surface area (TPSA) is 41.5 Å². The van der Waals surface area contributed by atoms with Crippen molar-refractivity contribution in [2.75, 3.05) is 19.7 Å². The second-order valence-corrected chi connectivity index (χ2v) is 6.06. The summed E-state index contributed by atoms with van der Waals surface area (Å²) in [6.07, 6.45) is 3.58. The third-order valence-corrected chi connectivity index (χ3v) is 4.35. The smallest absolute Gasteiger partial charge is 0.122 e. The molecule has 112 valence electrons. The lowest BCUT2D eigenvalue weighted by Gasteiger charge is -2.18. The molecule has 0 amide bonds. The molecule has 0 aliphatic heterocycles. The van der Waals surface area contributed by atoms with E-state index in [1.54, 1.807) is 0 Å². The van der Waals surface area contributed by atoms with Crippen LogP contribution in [0.3, 0.4) is 0 Å². The van der Waals surface area contributed by atoms with E-state index in [9.17, 15) is 5.11 Å². The number of aliphatic hydroxyl groups is 1. The maximum atomic E-state index is 9.95. The molecule has 1 saturated carbocycles. The van der Waals surface area contributed by atoms with Gasteiger partial charge in [-0.15, -0.1) is 0 Å². The highest BCUT2D eigenvalue weighted by molar-refractivity contribution is 5.31. The Kier molecular flexibility index (Phi) is 5.86. The number of aryl methyl sites for hydroxylation is 1. The normalized spacial score (nSPS) is 23.8. The van der Waals surface area contributed by atoms with Crippen LogP contribution in [0, 0.1) is 18.8 Å². The van der Waals surface area contributed by atoms with Gasteiger partial charge in [0.15, 0.2) is 0 Å². The zero-order valence-corrected chi connectivity index (χ0v) is 12.6. The Morgan fingerprint density at radius 1 is 1.35 bits per heavy atom. The lowest BCUT2D eigenvalue weighted by molar-refractivity contribution is 0.104. The van der Waals surface area contributed by atoms with E-state index in [0.29, 0.717) is 13.2 Å². The van der Waals surface area contributed by atoms with Crippen molar-refractivity contribution in [3.8, 4) is 5.75 Å². The number of hydrogen-bond acceptors (Lipinski definition) is 3. The number of para-hydroxylation sites is 1. The first-order chi connectivity index (χ1) is 9.66. The molecule has 0 spiro atoms. The molecule has 1 aliphatic carbocycles. The average Bonchev–Trinajstić information content (AvgIpc) is 2.84. The van der Waals surface area contributed by atoms with Crippen molar-refractivity contribution >= 4 is 0 Å². The summed E-state index contributed by atoms with van der Waals surface area (Å²) in [5.74, 6) is 2.46. The maximum absolute atomic E-state index is 9.95. The van der Waals surface area contributed by atoms with Crippen LogP contribution in [0.15, 0.2) is 24.3 Å². The molecule has 0 saturated heterocycles. The standard InChI is InChI=1S/C17H27NO2/c1-13-7-5-8-15(13)10-18-11-16(19)12-20-17-9-4-3-6-14(17)2/h3-4,6,9,13,15-16,18-19H,5,7-8,10-12H2,1-2H3. The Labute approximate surface area is 122 Å². The molecular formula is C17H27NO2. The molecular weight excluding hydrogens is 250 g/mol. The van der Waals surface area contributed by atoms with Gasteiger partial charge in [-0.3, -0.25) is 0 Å². The highest BCUT2D eigenvalue weighted by Gasteiger charge is 2.22. The summed E-state index contributed by atoms with van der Waals surface area (Å²) in [6.45, 7) is 6.31. The van der Waals surface area contributed by atoms with Gasteiger partial charge in [0.2, 0.25) is 0 Å². The summed E-state index contributed by atoms with van der Waals surface area (Å²) in [4.78, 5) is 0. The van der Waals surface area contributed by atoms with Crippen LogP contribution < -0.4 is 10.1 Å². The predicted octanol–water partition coefficient (Wildman–Crippen LogP) is 2.76. The fourth-order valence-electron chi connectivity index (χ4n) is 2.92. The van der Waals surface area contributed by atoms with E-state index >= 15 is 0 Å². The molecule has 2 N–H and O–H groups in total. The Bertz CT molecular complexity index is 408. The van der Waals surface area contributed by atoms with Crippen LogP contribution in [0.4, 0.5) is 0 Å². The zero-order chi connectivity index (χ0) is 14.4. The SMILES string of the molecule is Cc1ccccc1OCC(O)CNCC1CCCC1C. The molecule has 1 aromatic carbocycles. The molecule has 1 fully saturated rings. The first-order valence-corrected chi connectivity index (χ1v) is 7.74. The first kappa shape index (κ1) is 15.3. The van der Waals surface area contributed by atoms with Crippen LogP contribution in [-0.4, -0.2) is 30.9 Å². The second kappa shape index (κ2) is 7.65. The molecule has 3 atom stereocenters. The Morgan fingerprint density at radius 2 is 2.15 bits per heavy atom. The Hall–Kier alpha value is -1.06. The molecule has 0 radical (unpaired) electrons. The van der Waals surface area contributed by atoms with Gasteiger partial charge in [-0.2, -0.15) is 0 Å². The largest absolute Gasteiger partial charge is 0.491 e. The number of benzene rings is 1. The Balaban J connectivity index is 1.63. The third kappa shape index (κ3) is 4.50. The number of ether oxygens (including phenoxy) is 1. The van der Waals surface area contributed by atoms with Crippen molar-refractivity contribution in [2.45, 2.75) is 39.2 Å². The van der Waals surface area contributed by atoms with Crippen molar-refractivity contribution in [1.82, 2.24) is 5.32 Å². The summed E-state index contributed by atoms with van der Waals surface area (Å²) < 4.78 is 5.65. The highest BCUT2D eigenvalue weighted by Crippen LogP contribution is 2.30. The van der Waals surface area contributed by atoms with E-state index in [-0.39, 0.29) is 0 Å². The number of aliphatic hydroxyl groups excluding tert-OH is 1. The Morgan fingerprint density at radius 3 is 2.85 bits per heavy atom. The van der Waals surface area contributed by atoms with Gasteiger partial charge < -0.3 is 15.2 Å². The molecule has 1 aliphatic rings. The van der Waals surface area contributed by atoms with E-state index in [4.69, 9.17) is 4.74 Å². The van der Waals surface area contributed by atoms with Crippen LogP contribution in [0.1, 0.15) is 31.7 Å². The monoisotopic (exact) mass is 277 g/mol. The van der Waals surface area contributed by atoms with E-state index < -0.39 is 6.10 Å². The molecule has 0 heterocycles. The molecule has 0 bridgehead atoms.